The Bertz CT molecular complexity index is 384. The van der Waals surface area contributed by atoms with Crippen LogP contribution < -0.4 is 10.5 Å². The van der Waals surface area contributed by atoms with Crippen LogP contribution in [0.25, 0.3) is 0 Å². The van der Waals surface area contributed by atoms with E-state index in [0.29, 0.717) is 11.3 Å². The monoisotopic (exact) mass is 241 g/mol. The van der Waals surface area contributed by atoms with Crippen LogP contribution in [0.2, 0.25) is 0 Å². The van der Waals surface area contributed by atoms with E-state index in [2.05, 4.69) is 4.74 Å². The van der Waals surface area contributed by atoms with Gasteiger partial charge in [0.2, 0.25) is 6.17 Å². The van der Waals surface area contributed by atoms with Gasteiger partial charge in [0.1, 0.15) is 5.75 Å². The predicted molar refractivity (Wildman–Crippen MR) is 61.5 cm³/mol. The number of nitrogens with two attached hydrogens (primary N) is 1. The van der Waals surface area contributed by atoms with E-state index in [-0.39, 0.29) is 6.61 Å². The quantitative estimate of drug-likeness (QED) is 0.795. The van der Waals surface area contributed by atoms with Crippen LogP contribution >= 0.6 is 0 Å². The second-order valence-electron chi connectivity index (χ2n) is 3.42. The highest BCUT2D eigenvalue weighted by Gasteiger charge is 2.29. The first-order chi connectivity index (χ1) is 8.11. The lowest BCUT2D eigenvalue weighted by Gasteiger charge is -2.18. The van der Waals surface area contributed by atoms with Crippen molar-refractivity contribution in [2.75, 3.05) is 13.7 Å². The number of ether oxygens (including phenoxy) is 2. The van der Waals surface area contributed by atoms with E-state index in [1.807, 2.05) is 0 Å². The molecule has 0 fully saturated rings. The normalized spacial score (nSPS) is 13.9. The molecule has 0 spiro atoms. The number of esters is 1. The second-order valence-corrected chi connectivity index (χ2v) is 3.42. The van der Waals surface area contributed by atoms with Crippen LogP contribution in [0, 0.1) is 0 Å². The molecule has 0 aliphatic carbocycles. The number of benzene rings is 1. The van der Waals surface area contributed by atoms with Crippen molar-refractivity contribution < 1.29 is 18.7 Å². The van der Waals surface area contributed by atoms with Gasteiger partial charge < -0.3 is 15.2 Å². The molecule has 17 heavy (non-hydrogen) atoms. The van der Waals surface area contributed by atoms with Gasteiger partial charge in [-0.3, -0.25) is 0 Å². The van der Waals surface area contributed by atoms with E-state index in [9.17, 15) is 9.18 Å². The zero-order valence-electron chi connectivity index (χ0n) is 9.85. The van der Waals surface area contributed by atoms with Crippen LogP contribution in [-0.2, 0) is 9.53 Å². The molecule has 1 rings (SSSR count). The van der Waals surface area contributed by atoms with Gasteiger partial charge in [0.25, 0.3) is 0 Å². The van der Waals surface area contributed by atoms with Crippen LogP contribution in [0.1, 0.15) is 18.5 Å². The van der Waals surface area contributed by atoms with Crippen molar-refractivity contribution in [3.63, 3.8) is 0 Å². The van der Waals surface area contributed by atoms with E-state index < -0.39 is 18.2 Å². The number of alkyl halides is 1. The predicted octanol–water partition coefficient (Wildman–Crippen LogP) is 1.60. The van der Waals surface area contributed by atoms with Crippen LogP contribution in [0.3, 0.4) is 0 Å². The third kappa shape index (κ3) is 3.17. The standard InChI is InChI=1S/C12H16FNO3/c1-3-17-12(15)10(13)11(14)8-6-4-5-7-9(8)16-2/h4-7,10-11H,3,14H2,1-2H3/t10?,11-/m0/s1. The molecule has 94 valence electrons. The minimum Gasteiger partial charge on any atom is -0.496 e. The Morgan fingerprint density at radius 2 is 2.12 bits per heavy atom. The molecule has 4 nitrogen and oxygen atoms in total. The van der Waals surface area contributed by atoms with Crippen molar-refractivity contribution in [2.45, 2.75) is 19.1 Å². The van der Waals surface area contributed by atoms with Crippen LogP contribution in [0.5, 0.6) is 5.75 Å². The molecule has 0 heterocycles. The molecule has 1 unspecified atom stereocenters. The van der Waals surface area contributed by atoms with Crippen LogP contribution in [0.15, 0.2) is 24.3 Å². The molecule has 5 heteroatoms. The van der Waals surface area contributed by atoms with Gasteiger partial charge in [0.05, 0.1) is 19.8 Å². The lowest BCUT2D eigenvalue weighted by Crippen LogP contribution is -2.31. The summed E-state index contributed by atoms with van der Waals surface area (Å²) in [5.74, 6) is -0.502. The van der Waals surface area contributed by atoms with Crippen molar-refractivity contribution >= 4 is 5.97 Å². The van der Waals surface area contributed by atoms with Crippen molar-refractivity contribution in [2.24, 2.45) is 5.73 Å². The van der Waals surface area contributed by atoms with E-state index >= 15 is 0 Å². The minimum absolute atomic E-state index is 0.123. The fourth-order valence-electron chi connectivity index (χ4n) is 1.47. The van der Waals surface area contributed by atoms with Crippen molar-refractivity contribution in [1.82, 2.24) is 0 Å². The van der Waals surface area contributed by atoms with Crippen molar-refractivity contribution in [1.29, 1.82) is 0 Å². The third-order valence-corrected chi connectivity index (χ3v) is 2.33. The van der Waals surface area contributed by atoms with Gasteiger partial charge in [0, 0.05) is 5.56 Å². The summed E-state index contributed by atoms with van der Waals surface area (Å²) < 4.78 is 23.4. The number of carbonyl (C=O) groups excluding carboxylic acids is 1. The maximum absolute atomic E-state index is 13.7. The molecule has 0 amide bonds. The molecule has 2 N–H and O–H groups in total. The molecule has 0 saturated carbocycles. The Morgan fingerprint density at radius 3 is 2.71 bits per heavy atom. The summed E-state index contributed by atoms with van der Waals surface area (Å²) in [4.78, 5) is 11.2. The lowest BCUT2D eigenvalue weighted by atomic mass is 10.0. The van der Waals surface area contributed by atoms with Crippen molar-refractivity contribution in [3.8, 4) is 5.75 Å². The fourth-order valence-corrected chi connectivity index (χ4v) is 1.47. The highest BCUT2D eigenvalue weighted by Crippen LogP contribution is 2.27. The summed E-state index contributed by atoms with van der Waals surface area (Å²) in [6, 6.07) is 5.63. The summed E-state index contributed by atoms with van der Waals surface area (Å²) in [5, 5.41) is 0. The van der Waals surface area contributed by atoms with Gasteiger partial charge in [-0.1, -0.05) is 18.2 Å². The molecule has 2 atom stereocenters. The SMILES string of the molecule is CCOC(=O)C(F)[C@@H](N)c1ccccc1OC. The summed E-state index contributed by atoms with van der Waals surface area (Å²) >= 11 is 0. The number of hydrogen-bond acceptors (Lipinski definition) is 4. The van der Waals surface area contributed by atoms with Crippen LogP contribution in [-0.4, -0.2) is 25.9 Å². The molecular formula is C12H16FNO3. The maximum Gasteiger partial charge on any atom is 0.342 e. The Balaban J connectivity index is 2.88. The zero-order valence-corrected chi connectivity index (χ0v) is 9.85. The molecule has 0 bridgehead atoms. The van der Waals surface area contributed by atoms with E-state index in [0.717, 1.165) is 0 Å². The first-order valence-electron chi connectivity index (χ1n) is 5.31. The van der Waals surface area contributed by atoms with Crippen molar-refractivity contribution in [3.05, 3.63) is 29.8 Å². The first kappa shape index (κ1) is 13.4. The Kier molecular flexibility index (Phi) is 4.90. The van der Waals surface area contributed by atoms with Gasteiger partial charge in [0.15, 0.2) is 0 Å². The lowest BCUT2D eigenvalue weighted by molar-refractivity contribution is -0.149. The minimum atomic E-state index is -1.90. The number of hydrogen-bond donors (Lipinski definition) is 1. The summed E-state index contributed by atoms with van der Waals surface area (Å²) in [7, 11) is 1.46. The molecule has 0 aliphatic heterocycles. The molecule has 0 aliphatic rings. The Labute approximate surface area is 99.5 Å². The number of rotatable bonds is 5. The average molecular weight is 241 g/mol. The Hall–Kier alpha value is -1.62. The maximum atomic E-state index is 13.7. The zero-order chi connectivity index (χ0) is 12.8. The molecule has 0 aromatic heterocycles. The summed E-state index contributed by atoms with van der Waals surface area (Å²) in [6.45, 7) is 1.73. The number of para-hydroxylation sites is 1. The van der Waals surface area contributed by atoms with E-state index in [1.165, 1.54) is 7.11 Å². The number of methoxy groups -OCH3 is 1. The molecular weight excluding hydrogens is 225 g/mol. The van der Waals surface area contributed by atoms with E-state index in [1.54, 1.807) is 31.2 Å². The highest BCUT2D eigenvalue weighted by molar-refractivity contribution is 5.76. The third-order valence-electron chi connectivity index (χ3n) is 2.33. The fraction of sp³-hybridized carbons (Fsp3) is 0.417. The Morgan fingerprint density at radius 1 is 1.47 bits per heavy atom. The molecule has 0 saturated heterocycles. The smallest absolute Gasteiger partial charge is 0.342 e. The van der Waals surface area contributed by atoms with Gasteiger partial charge >= 0.3 is 5.97 Å². The van der Waals surface area contributed by atoms with Gasteiger partial charge in [-0.25, -0.2) is 9.18 Å². The van der Waals surface area contributed by atoms with Gasteiger partial charge in [-0.05, 0) is 13.0 Å². The first-order valence-corrected chi connectivity index (χ1v) is 5.31. The summed E-state index contributed by atoms with van der Waals surface area (Å²) in [5.41, 5.74) is 6.13. The van der Waals surface area contributed by atoms with Gasteiger partial charge in [-0.15, -0.1) is 0 Å². The topological polar surface area (TPSA) is 61.5 Å². The second kappa shape index (κ2) is 6.20. The summed E-state index contributed by atoms with van der Waals surface area (Å²) in [6.07, 6.45) is -1.90. The van der Waals surface area contributed by atoms with E-state index in [4.69, 9.17) is 10.5 Å². The number of halogens is 1. The average Bonchev–Trinajstić information content (AvgIpc) is 2.37. The molecule has 1 aromatic rings. The highest BCUT2D eigenvalue weighted by atomic mass is 19.1. The number of carbonyl (C=O) groups is 1. The largest absolute Gasteiger partial charge is 0.496 e. The molecule has 1 aromatic carbocycles. The van der Waals surface area contributed by atoms with Gasteiger partial charge in [-0.2, -0.15) is 0 Å². The molecule has 0 radical (unpaired) electrons. The van der Waals surface area contributed by atoms with Crippen LogP contribution in [0.4, 0.5) is 4.39 Å².